The summed E-state index contributed by atoms with van der Waals surface area (Å²) in [4.78, 5) is 19.6. The summed E-state index contributed by atoms with van der Waals surface area (Å²) >= 11 is 0. The number of nitrogens with one attached hydrogen (secondary N) is 3. The fourth-order valence-electron chi connectivity index (χ4n) is 2.67. The Labute approximate surface area is 146 Å². The van der Waals surface area contributed by atoms with Crippen molar-refractivity contribution in [2.24, 2.45) is 0 Å². The van der Waals surface area contributed by atoms with Gasteiger partial charge in [-0.1, -0.05) is 18.2 Å². The van der Waals surface area contributed by atoms with Gasteiger partial charge in [-0.2, -0.15) is 0 Å². The van der Waals surface area contributed by atoms with E-state index in [-0.39, 0.29) is 5.91 Å². The van der Waals surface area contributed by atoms with E-state index in [4.69, 9.17) is 0 Å². The quantitative estimate of drug-likeness (QED) is 0.532. The number of hydrogen-bond donors (Lipinski definition) is 4. The molecule has 4 N–H and O–H groups in total. The zero-order chi connectivity index (χ0) is 17.6. The molecule has 0 saturated carbocycles. The summed E-state index contributed by atoms with van der Waals surface area (Å²) in [6, 6.07) is 11.6. The Balaban J connectivity index is 1.56. The summed E-state index contributed by atoms with van der Waals surface area (Å²) in [5.74, 6) is -0.208. The molecular formula is C19H22N4O2. The number of hydrogen-bond acceptors (Lipinski definition) is 4. The van der Waals surface area contributed by atoms with Crippen molar-refractivity contribution >= 4 is 22.5 Å². The largest absolute Gasteiger partial charge is 0.392 e. The van der Waals surface area contributed by atoms with Crippen molar-refractivity contribution in [3.8, 4) is 0 Å². The van der Waals surface area contributed by atoms with Crippen LogP contribution in [0.25, 0.3) is 10.9 Å². The number of H-pyrrole nitrogens is 1. The van der Waals surface area contributed by atoms with Crippen LogP contribution in [0.15, 0.2) is 48.8 Å². The fraction of sp³-hybridized carbons (Fsp3) is 0.263. The zero-order valence-electron chi connectivity index (χ0n) is 14.1. The molecule has 2 heterocycles. The van der Waals surface area contributed by atoms with E-state index in [2.05, 4.69) is 26.7 Å². The molecule has 0 bridgehead atoms. The van der Waals surface area contributed by atoms with Crippen molar-refractivity contribution in [1.82, 2.24) is 15.3 Å². The van der Waals surface area contributed by atoms with E-state index in [9.17, 15) is 9.90 Å². The molecule has 1 atom stereocenters. The highest BCUT2D eigenvalue weighted by atomic mass is 16.3. The summed E-state index contributed by atoms with van der Waals surface area (Å²) in [5, 5.41) is 16.5. The number of anilines is 1. The van der Waals surface area contributed by atoms with Crippen LogP contribution >= 0.6 is 0 Å². The number of pyridine rings is 1. The highest BCUT2D eigenvalue weighted by molar-refractivity contribution is 5.93. The minimum absolute atomic E-state index is 0.208. The summed E-state index contributed by atoms with van der Waals surface area (Å²) in [7, 11) is 0. The van der Waals surface area contributed by atoms with Crippen molar-refractivity contribution < 1.29 is 9.90 Å². The van der Waals surface area contributed by atoms with Gasteiger partial charge in [0.1, 0.15) is 5.69 Å². The van der Waals surface area contributed by atoms with E-state index >= 15 is 0 Å². The smallest absolute Gasteiger partial charge is 0.269 e. The molecule has 0 aliphatic rings. The number of aromatic amines is 1. The standard InChI is InChI=1S/C19H22N4O2/c1-13(24)11-22-15-7-9-20-18(10-15)19(25)21-8-6-14-12-23-17-5-3-2-4-16(14)17/h2-5,7,9-10,12-13,23-24H,6,8,11H2,1H3,(H,20,22)(H,21,25)/t13-/m1/s1. The number of carbonyl (C=O) groups excluding carboxylic acids is 1. The van der Waals surface area contributed by atoms with Crippen LogP contribution in [0.4, 0.5) is 5.69 Å². The molecule has 1 aromatic carbocycles. The molecule has 6 nitrogen and oxygen atoms in total. The highest BCUT2D eigenvalue weighted by Gasteiger charge is 2.09. The second-order valence-corrected chi connectivity index (χ2v) is 6.03. The van der Waals surface area contributed by atoms with Crippen molar-refractivity contribution in [2.75, 3.05) is 18.4 Å². The minimum Gasteiger partial charge on any atom is -0.392 e. The third-order valence-electron chi connectivity index (χ3n) is 3.95. The highest BCUT2D eigenvalue weighted by Crippen LogP contribution is 2.17. The van der Waals surface area contributed by atoms with Crippen molar-refractivity contribution in [3.63, 3.8) is 0 Å². The van der Waals surface area contributed by atoms with Gasteiger partial charge in [0.25, 0.3) is 5.91 Å². The van der Waals surface area contributed by atoms with Crippen molar-refractivity contribution in [3.05, 3.63) is 60.0 Å². The SMILES string of the molecule is C[C@@H](O)CNc1ccnc(C(=O)NCCc2c[nH]c3ccccc23)c1. The van der Waals surface area contributed by atoms with E-state index < -0.39 is 6.10 Å². The number of amides is 1. The molecule has 3 aromatic rings. The molecule has 0 fully saturated rings. The lowest BCUT2D eigenvalue weighted by Crippen LogP contribution is -2.26. The lowest BCUT2D eigenvalue weighted by atomic mass is 10.1. The predicted molar refractivity (Wildman–Crippen MR) is 98.7 cm³/mol. The Bertz CT molecular complexity index is 857. The van der Waals surface area contributed by atoms with Gasteiger partial charge in [0, 0.05) is 42.1 Å². The van der Waals surface area contributed by atoms with Crippen LogP contribution in [-0.2, 0) is 6.42 Å². The number of fused-ring (bicyclic) bond motifs is 1. The zero-order valence-corrected chi connectivity index (χ0v) is 14.1. The Morgan fingerprint density at radius 1 is 1.32 bits per heavy atom. The first kappa shape index (κ1) is 17.0. The monoisotopic (exact) mass is 338 g/mol. The van der Waals surface area contributed by atoms with Crippen LogP contribution in [-0.4, -0.2) is 40.2 Å². The first-order chi connectivity index (χ1) is 12.1. The topological polar surface area (TPSA) is 90.0 Å². The second-order valence-electron chi connectivity index (χ2n) is 6.03. The number of carbonyl (C=O) groups is 1. The van der Waals surface area contributed by atoms with E-state index in [0.29, 0.717) is 18.8 Å². The van der Waals surface area contributed by atoms with Crippen LogP contribution < -0.4 is 10.6 Å². The maximum Gasteiger partial charge on any atom is 0.269 e. The first-order valence-electron chi connectivity index (χ1n) is 8.34. The lowest BCUT2D eigenvalue weighted by Gasteiger charge is -2.09. The molecule has 25 heavy (non-hydrogen) atoms. The van der Waals surface area contributed by atoms with Crippen LogP contribution in [0, 0.1) is 0 Å². The van der Waals surface area contributed by atoms with Crippen LogP contribution in [0.1, 0.15) is 23.0 Å². The molecule has 0 aliphatic carbocycles. The average Bonchev–Trinajstić information content (AvgIpc) is 3.03. The van der Waals surface area contributed by atoms with E-state index in [1.54, 1.807) is 25.3 Å². The van der Waals surface area contributed by atoms with Crippen LogP contribution in [0.2, 0.25) is 0 Å². The molecule has 2 aromatic heterocycles. The molecular weight excluding hydrogens is 316 g/mol. The molecule has 0 radical (unpaired) electrons. The van der Waals surface area contributed by atoms with Gasteiger partial charge in [0.2, 0.25) is 0 Å². The van der Waals surface area contributed by atoms with Gasteiger partial charge in [-0.25, -0.2) is 0 Å². The van der Waals surface area contributed by atoms with Gasteiger partial charge in [-0.05, 0) is 37.1 Å². The van der Waals surface area contributed by atoms with Crippen molar-refractivity contribution in [2.45, 2.75) is 19.4 Å². The Hall–Kier alpha value is -2.86. The maximum absolute atomic E-state index is 12.3. The number of aromatic nitrogens is 2. The summed E-state index contributed by atoms with van der Waals surface area (Å²) in [6.45, 7) is 2.66. The summed E-state index contributed by atoms with van der Waals surface area (Å²) in [5.41, 5.74) is 3.39. The molecule has 0 spiro atoms. The van der Waals surface area contributed by atoms with Crippen molar-refractivity contribution in [1.29, 1.82) is 0 Å². The number of benzene rings is 1. The lowest BCUT2D eigenvalue weighted by molar-refractivity contribution is 0.0949. The van der Waals surface area contributed by atoms with E-state index in [0.717, 1.165) is 17.6 Å². The summed E-state index contributed by atoms with van der Waals surface area (Å²) in [6.07, 6.45) is 3.85. The van der Waals surface area contributed by atoms with Gasteiger partial charge in [0.15, 0.2) is 0 Å². The molecule has 0 aliphatic heterocycles. The van der Waals surface area contributed by atoms with Crippen LogP contribution in [0.5, 0.6) is 0 Å². The number of para-hydroxylation sites is 1. The number of aliphatic hydroxyl groups is 1. The second kappa shape index (κ2) is 7.81. The Morgan fingerprint density at radius 3 is 3.00 bits per heavy atom. The van der Waals surface area contributed by atoms with Crippen LogP contribution in [0.3, 0.4) is 0 Å². The van der Waals surface area contributed by atoms with Gasteiger partial charge < -0.3 is 20.7 Å². The minimum atomic E-state index is -0.457. The number of aliphatic hydroxyl groups excluding tert-OH is 1. The Morgan fingerprint density at radius 2 is 2.16 bits per heavy atom. The van der Waals surface area contributed by atoms with Gasteiger partial charge >= 0.3 is 0 Å². The molecule has 0 saturated heterocycles. The Kier molecular flexibility index (Phi) is 5.30. The first-order valence-corrected chi connectivity index (χ1v) is 8.34. The van der Waals surface area contributed by atoms with Gasteiger partial charge in [-0.15, -0.1) is 0 Å². The van der Waals surface area contributed by atoms with E-state index in [1.807, 2.05) is 24.4 Å². The predicted octanol–water partition coefficient (Wildman–Crippen LogP) is 2.33. The third kappa shape index (κ3) is 4.36. The molecule has 1 amide bonds. The normalized spacial score (nSPS) is 12.1. The molecule has 3 rings (SSSR count). The average molecular weight is 338 g/mol. The number of rotatable bonds is 7. The third-order valence-corrected chi connectivity index (χ3v) is 3.95. The van der Waals surface area contributed by atoms with E-state index in [1.165, 1.54) is 10.9 Å². The maximum atomic E-state index is 12.3. The van der Waals surface area contributed by atoms with Gasteiger partial charge in [-0.3, -0.25) is 9.78 Å². The van der Waals surface area contributed by atoms with Gasteiger partial charge in [0.05, 0.1) is 6.10 Å². The summed E-state index contributed by atoms with van der Waals surface area (Å²) < 4.78 is 0. The molecule has 0 unspecified atom stereocenters. The molecule has 6 heteroatoms. The fourth-order valence-corrected chi connectivity index (χ4v) is 2.67. The number of nitrogens with zero attached hydrogens (tertiary/aromatic N) is 1. The molecule has 130 valence electrons.